The molecule has 0 aromatic rings. The van der Waals surface area contributed by atoms with E-state index >= 15 is 0 Å². The maximum atomic E-state index is 13.9. The van der Waals surface area contributed by atoms with Crippen molar-refractivity contribution in [3.8, 4) is 0 Å². The first-order valence-electron chi connectivity index (χ1n) is 12.9. The Morgan fingerprint density at radius 1 is 0.556 bits per heavy atom. The predicted molar refractivity (Wildman–Crippen MR) is 120 cm³/mol. The largest absolute Gasteiger partial charge is 0.756 e. The number of hydrogen-bond donors (Lipinski definition) is 0. The summed E-state index contributed by atoms with van der Waals surface area (Å²) >= 11 is 0. The molecule has 0 saturated carbocycles. The van der Waals surface area contributed by atoms with E-state index in [4.69, 9.17) is 0 Å². The van der Waals surface area contributed by atoms with Crippen molar-refractivity contribution in [3.63, 3.8) is 0 Å². The van der Waals surface area contributed by atoms with E-state index in [1.165, 1.54) is 0 Å². The van der Waals surface area contributed by atoms with Gasteiger partial charge < -0.3 is 18.4 Å². The Morgan fingerprint density at radius 2 is 0.933 bits per heavy atom. The van der Waals surface area contributed by atoms with E-state index in [1.54, 1.807) is 14.1 Å². The Kier molecular flexibility index (Phi) is 14.2. The molecule has 0 N–H and O–H groups in total. The van der Waals surface area contributed by atoms with Crippen LogP contribution in [-0.2, 0) is 13.6 Å². The van der Waals surface area contributed by atoms with Crippen LogP contribution >= 0.6 is 7.82 Å². The zero-order chi connectivity index (χ0) is 36.2. The summed E-state index contributed by atoms with van der Waals surface area (Å²) in [6.45, 7) is -0.533. The lowest BCUT2D eigenvalue weighted by atomic mass is 9.88. The van der Waals surface area contributed by atoms with Crippen LogP contribution in [-0.4, -0.2) is 92.5 Å². The van der Waals surface area contributed by atoms with Crippen LogP contribution in [0.25, 0.3) is 0 Å². The summed E-state index contributed by atoms with van der Waals surface area (Å²) in [5.41, 5.74) is 0. The van der Waals surface area contributed by atoms with Gasteiger partial charge in [0.25, 0.3) is 7.82 Å². The standard InChI is InChI=1S/C22H31F17NO4P/c1-4-5-6-7-8-9-11-40(2,3)12-14-44-45(41,42)43-13-10-15(23,24)16(25,26)17(27,28)18(29,30)19(31,32)20(33,34)21(35,36)22(37,38)39/h4-14H2,1-3H3. The number of phosphoric acid groups is 1. The zero-order valence-corrected chi connectivity index (χ0v) is 24.6. The molecule has 0 fully saturated rings. The highest BCUT2D eigenvalue weighted by Crippen LogP contribution is 2.64. The van der Waals surface area contributed by atoms with Gasteiger partial charge in [-0.25, -0.2) is 0 Å². The maximum Gasteiger partial charge on any atom is 0.460 e. The second kappa shape index (κ2) is 14.6. The third-order valence-corrected chi connectivity index (χ3v) is 7.51. The first kappa shape index (κ1) is 43.9. The molecule has 0 aromatic carbocycles. The summed E-state index contributed by atoms with van der Waals surface area (Å²) < 4.78 is 246. The molecule has 272 valence electrons. The fraction of sp³-hybridized carbons (Fsp3) is 1.00. The molecule has 5 nitrogen and oxygen atoms in total. The normalized spacial score (nSPS) is 16.6. The first-order chi connectivity index (χ1) is 19.7. The Bertz CT molecular complexity index is 989. The van der Waals surface area contributed by atoms with E-state index in [-0.39, 0.29) is 11.0 Å². The second-order valence-electron chi connectivity index (χ2n) is 10.7. The molecule has 0 aliphatic carbocycles. The molecule has 0 saturated heterocycles. The van der Waals surface area contributed by atoms with E-state index in [9.17, 15) is 84.1 Å². The molecule has 0 aromatic heterocycles. The van der Waals surface area contributed by atoms with Gasteiger partial charge in [-0.1, -0.05) is 32.6 Å². The number of nitrogens with zero attached hydrogens (tertiary/aromatic N) is 1. The summed E-state index contributed by atoms with van der Waals surface area (Å²) in [7, 11) is -2.43. The van der Waals surface area contributed by atoms with Crippen molar-refractivity contribution < 1.29 is 97.6 Å². The van der Waals surface area contributed by atoms with Crippen molar-refractivity contribution in [2.45, 2.75) is 99.5 Å². The SMILES string of the molecule is CCCCCCCC[N+](C)(C)CCOP(=O)([O-])OCCC(F)(F)C(F)(F)C(F)(F)C(F)(F)C(F)(F)C(F)(F)C(F)(F)C(F)(F)F. The molecular weight excluding hydrogens is 696 g/mol. The smallest absolute Gasteiger partial charge is 0.460 e. The lowest BCUT2D eigenvalue weighted by molar-refractivity contribution is -0.890. The van der Waals surface area contributed by atoms with Crippen LogP contribution < -0.4 is 4.89 Å². The van der Waals surface area contributed by atoms with Crippen LogP contribution in [0.4, 0.5) is 74.6 Å². The van der Waals surface area contributed by atoms with Crippen molar-refractivity contribution in [2.75, 3.05) is 40.4 Å². The highest BCUT2D eigenvalue weighted by molar-refractivity contribution is 7.45. The molecule has 23 heteroatoms. The quantitative estimate of drug-likeness (QED) is 0.0517. The number of quaternary nitrogens is 1. The molecule has 0 bridgehead atoms. The number of halogens is 17. The highest BCUT2D eigenvalue weighted by Gasteiger charge is 2.95. The van der Waals surface area contributed by atoms with Gasteiger partial charge in [0.1, 0.15) is 13.2 Å². The molecule has 0 spiro atoms. The topological polar surface area (TPSA) is 58.6 Å². The van der Waals surface area contributed by atoms with Crippen LogP contribution in [0.1, 0.15) is 51.9 Å². The number of alkyl halides is 17. The third kappa shape index (κ3) is 9.49. The van der Waals surface area contributed by atoms with Crippen molar-refractivity contribution in [3.05, 3.63) is 0 Å². The van der Waals surface area contributed by atoms with Crippen LogP contribution in [0, 0.1) is 0 Å². The van der Waals surface area contributed by atoms with E-state index < -0.39 is 75.1 Å². The van der Waals surface area contributed by atoms with Gasteiger partial charge in [-0.2, -0.15) is 74.6 Å². The predicted octanol–water partition coefficient (Wildman–Crippen LogP) is 8.32. The van der Waals surface area contributed by atoms with E-state index in [0.29, 0.717) is 13.0 Å². The number of rotatable bonds is 21. The van der Waals surface area contributed by atoms with Gasteiger partial charge in [0, 0.05) is 6.42 Å². The fourth-order valence-corrected chi connectivity index (χ4v) is 4.20. The molecule has 1 atom stereocenters. The van der Waals surface area contributed by atoms with Crippen molar-refractivity contribution in [1.29, 1.82) is 0 Å². The molecule has 1 unspecified atom stereocenters. The number of hydrogen-bond acceptors (Lipinski definition) is 4. The van der Waals surface area contributed by atoms with Gasteiger partial charge >= 0.3 is 47.6 Å². The molecule has 45 heavy (non-hydrogen) atoms. The second-order valence-corrected chi connectivity index (χ2v) is 12.1. The number of phosphoric ester groups is 1. The van der Waals surface area contributed by atoms with Crippen molar-refractivity contribution >= 4 is 7.82 Å². The molecule has 0 aliphatic heterocycles. The number of unbranched alkanes of at least 4 members (excludes halogenated alkanes) is 5. The minimum absolute atomic E-state index is 0.0632. The van der Waals surface area contributed by atoms with Gasteiger partial charge in [-0.05, 0) is 12.8 Å². The summed E-state index contributed by atoms with van der Waals surface area (Å²) in [5.74, 6) is -57.4. The van der Waals surface area contributed by atoms with Crippen LogP contribution in [0.15, 0.2) is 0 Å². The minimum atomic E-state index is -8.74. The van der Waals surface area contributed by atoms with Crippen LogP contribution in [0.5, 0.6) is 0 Å². The maximum absolute atomic E-state index is 13.9. The van der Waals surface area contributed by atoms with Gasteiger partial charge in [0.2, 0.25) is 0 Å². The Balaban J connectivity index is 5.55. The lowest BCUT2D eigenvalue weighted by Crippen LogP contribution is -2.74. The summed E-state index contributed by atoms with van der Waals surface area (Å²) in [4.78, 5) is 11.7. The van der Waals surface area contributed by atoms with Crippen LogP contribution in [0.2, 0.25) is 0 Å². The van der Waals surface area contributed by atoms with Crippen molar-refractivity contribution in [1.82, 2.24) is 0 Å². The molecule has 0 rings (SSSR count). The molecule has 0 aliphatic rings. The van der Waals surface area contributed by atoms with E-state index in [0.717, 1.165) is 32.1 Å². The van der Waals surface area contributed by atoms with Crippen LogP contribution in [0.3, 0.4) is 0 Å². The first-order valence-corrected chi connectivity index (χ1v) is 14.3. The fourth-order valence-electron chi connectivity index (χ4n) is 3.51. The summed E-state index contributed by atoms with van der Waals surface area (Å²) in [6, 6.07) is 0. The van der Waals surface area contributed by atoms with Gasteiger partial charge in [0.15, 0.2) is 0 Å². The average Bonchev–Trinajstić information content (AvgIpc) is 2.84. The average molecular weight is 727 g/mol. The number of likely N-dealkylation sites (N-methyl/N-ethyl adjacent to an activating group) is 1. The summed E-state index contributed by atoms with van der Waals surface area (Å²) in [6.07, 6.45) is -5.35. The van der Waals surface area contributed by atoms with E-state index in [2.05, 4.69) is 9.05 Å². The van der Waals surface area contributed by atoms with Gasteiger partial charge in [-0.3, -0.25) is 4.57 Å². The van der Waals surface area contributed by atoms with Gasteiger partial charge in [0.05, 0.1) is 27.2 Å². The highest BCUT2D eigenvalue weighted by atomic mass is 31.2. The molecule has 0 heterocycles. The lowest BCUT2D eigenvalue weighted by Gasteiger charge is -2.42. The minimum Gasteiger partial charge on any atom is -0.756 e. The molecular formula is C22H31F17NO4P. The Morgan fingerprint density at radius 3 is 1.38 bits per heavy atom. The third-order valence-electron chi connectivity index (χ3n) is 6.52. The monoisotopic (exact) mass is 727 g/mol. The molecule has 0 amide bonds. The molecule has 0 radical (unpaired) electrons. The Labute approximate surface area is 246 Å². The Hall–Kier alpha value is -1.12. The van der Waals surface area contributed by atoms with Crippen molar-refractivity contribution in [2.24, 2.45) is 0 Å². The van der Waals surface area contributed by atoms with Gasteiger partial charge in [-0.15, -0.1) is 0 Å². The van der Waals surface area contributed by atoms with E-state index in [1.807, 2.05) is 6.92 Å². The summed E-state index contributed by atoms with van der Waals surface area (Å²) in [5, 5.41) is 0. The zero-order valence-electron chi connectivity index (χ0n) is 23.7.